The van der Waals surface area contributed by atoms with Crippen molar-refractivity contribution < 1.29 is 13.9 Å². The molecule has 1 amide bonds. The molecular weight excluding hydrogens is 491 g/mol. The van der Waals surface area contributed by atoms with Gasteiger partial charge in [-0.05, 0) is 49.2 Å². The normalized spacial score (nSPS) is 13.4. The zero-order valence-corrected chi connectivity index (χ0v) is 20.6. The fourth-order valence-corrected chi connectivity index (χ4v) is 7.45. The minimum Gasteiger partial charge on any atom is -0.450 e. The van der Waals surface area contributed by atoms with Gasteiger partial charge in [0.25, 0.3) is 0 Å². The first kappa shape index (κ1) is 21.5. The maximum Gasteiger partial charge on any atom is 0.410 e. The molecule has 0 unspecified atom stereocenters. The first-order valence-corrected chi connectivity index (χ1v) is 13.3. The van der Waals surface area contributed by atoms with Crippen LogP contribution in [-0.4, -0.2) is 34.1 Å². The first-order valence-electron chi connectivity index (χ1n) is 10.8. The summed E-state index contributed by atoms with van der Waals surface area (Å²) >= 11 is 4.69. The van der Waals surface area contributed by atoms with E-state index in [1.165, 1.54) is 29.0 Å². The molecule has 1 aliphatic rings. The number of rotatable bonds is 4. The average Bonchev–Trinajstić information content (AvgIpc) is 3.52. The summed E-state index contributed by atoms with van der Waals surface area (Å²) in [6.07, 6.45) is 0.439. The molecule has 10 heteroatoms. The maximum absolute atomic E-state index is 13.7. The predicted octanol–water partition coefficient (Wildman–Crippen LogP) is 7.03. The first-order chi connectivity index (χ1) is 16.6. The van der Waals surface area contributed by atoms with E-state index >= 15 is 0 Å². The predicted molar refractivity (Wildman–Crippen MR) is 137 cm³/mol. The van der Waals surface area contributed by atoms with E-state index in [1.807, 2.05) is 25.1 Å². The van der Waals surface area contributed by atoms with Crippen molar-refractivity contribution in [2.75, 3.05) is 18.5 Å². The number of nitrogens with zero attached hydrogens (tertiary/aromatic N) is 3. The number of ether oxygens (including phenoxy) is 1. The number of carbonyl (C=O) groups is 1. The lowest BCUT2D eigenvalue weighted by Crippen LogP contribution is -2.35. The zero-order chi connectivity index (χ0) is 23.2. The minimum absolute atomic E-state index is 0.275. The Bertz CT molecular complexity index is 1510. The summed E-state index contributed by atoms with van der Waals surface area (Å²) < 4.78 is 20.8. The molecule has 0 spiro atoms. The van der Waals surface area contributed by atoms with Gasteiger partial charge in [0.05, 0.1) is 33.6 Å². The van der Waals surface area contributed by atoms with E-state index in [-0.39, 0.29) is 11.9 Å². The number of amides is 1. The molecule has 0 aliphatic carbocycles. The van der Waals surface area contributed by atoms with Crippen LogP contribution >= 0.6 is 34.0 Å². The molecule has 5 aromatic rings. The van der Waals surface area contributed by atoms with Crippen LogP contribution in [0.5, 0.6) is 0 Å². The molecule has 0 fully saturated rings. The lowest BCUT2D eigenvalue weighted by atomic mass is 10.0. The van der Waals surface area contributed by atoms with E-state index in [9.17, 15) is 9.18 Å². The highest BCUT2D eigenvalue weighted by molar-refractivity contribution is 7.24. The number of anilines is 2. The van der Waals surface area contributed by atoms with Crippen LogP contribution in [0.4, 0.5) is 19.3 Å². The molecule has 0 radical (unpaired) electrons. The molecule has 172 valence electrons. The van der Waals surface area contributed by atoms with Crippen molar-refractivity contribution in [1.29, 1.82) is 0 Å². The Kier molecular flexibility index (Phi) is 5.43. The second-order valence-electron chi connectivity index (χ2n) is 7.82. The highest BCUT2D eigenvalue weighted by Gasteiger charge is 2.29. The molecule has 6 rings (SSSR count). The lowest BCUT2D eigenvalue weighted by molar-refractivity contribution is 0.103. The molecular formula is C24H19FN4O2S3. The summed E-state index contributed by atoms with van der Waals surface area (Å²) in [5.41, 5.74) is 3.99. The second-order valence-corrected chi connectivity index (χ2v) is 11.0. The summed E-state index contributed by atoms with van der Waals surface area (Å²) in [5.74, 6) is -0.275. The minimum atomic E-state index is -0.286. The van der Waals surface area contributed by atoms with Gasteiger partial charge in [-0.25, -0.2) is 19.2 Å². The zero-order valence-electron chi connectivity index (χ0n) is 18.1. The Balaban J connectivity index is 1.43. The van der Waals surface area contributed by atoms with Crippen molar-refractivity contribution in [3.05, 3.63) is 58.7 Å². The third kappa shape index (κ3) is 3.81. The molecule has 6 nitrogen and oxygen atoms in total. The van der Waals surface area contributed by atoms with Gasteiger partial charge in [0.1, 0.15) is 15.8 Å². The molecule has 2 aromatic carbocycles. The number of hydrogen-bond donors (Lipinski definition) is 1. The van der Waals surface area contributed by atoms with Crippen LogP contribution in [0.3, 0.4) is 0 Å². The molecule has 4 heterocycles. The van der Waals surface area contributed by atoms with Crippen molar-refractivity contribution >= 4 is 70.7 Å². The van der Waals surface area contributed by atoms with Crippen molar-refractivity contribution in [3.63, 3.8) is 0 Å². The van der Waals surface area contributed by atoms with Crippen LogP contribution in [0.2, 0.25) is 0 Å². The van der Waals surface area contributed by atoms with E-state index in [0.717, 1.165) is 47.3 Å². The molecule has 34 heavy (non-hydrogen) atoms. The van der Waals surface area contributed by atoms with Crippen LogP contribution < -0.4 is 5.32 Å². The molecule has 1 aliphatic heterocycles. The Hall–Kier alpha value is -3.08. The van der Waals surface area contributed by atoms with E-state index in [2.05, 4.69) is 16.4 Å². The topological polar surface area (TPSA) is 67.3 Å². The number of aromatic nitrogens is 2. The van der Waals surface area contributed by atoms with Crippen molar-refractivity contribution in [1.82, 2.24) is 14.9 Å². The summed E-state index contributed by atoms with van der Waals surface area (Å²) in [5, 5.41) is 6.07. The number of thiazole rings is 2. The number of nitrogens with one attached hydrogen (secondary N) is 1. The fraction of sp³-hybridized carbons (Fsp3) is 0.208. The largest absolute Gasteiger partial charge is 0.450 e. The highest BCUT2D eigenvalue weighted by Crippen LogP contribution is 2.47. The van der Waals surface area contributed by atoms with Gasteiger partial charge in [-0.2, -0.15) is 0 Å². The van der Waals surface area contributed by atoms with Gasteiger partial charge in [0, 0.05) is 17.0 Å². The Morgan fingerprint density at radius 1 is 1.12 bits per heavy atom. The molecule has 0 saturated heterocycles. The van der Waals surface area contributed by atoms with Gasteiger partial charge in [-0.3, -0.25) is 0 Å². The number of hydrogen-bond acceptors (Lipinski definition) is 8. The summed E-state index contributed by atoms with van der Waals surface area (Å²) in [7, 11) is 0. The number of para-hydroxylation sites is 1. The smallest absolute Gasteiger partial charge is 0.410 e. The maximum atomic E-state index is 13.7. The van der Waals surface area contributed by atoms with Gasteiger partial charge >= 0.3 is 6.09 Å². The number of thiophene rings is 1. The number of fused-ring (bicyclic) bond motifs is 3. The molecule has 3 aromatic heterocycles. The van der Waals surface area contributed by atoms with Crippen LogP contribution in [-0.2, 0) is 17.7 Å². The number of benzene rings is 2. The van der Waals surface area contributed by atoms with Crippen molar-refractivity contribution in [3.8, 4) is 10.6 Å². The third-order valence-electron chi connectivity index (χ3n) is 5.66. The van der Waals surface area contributed by atoms with Crippen LogP contribution in [0, 0.1) is 5.82 Å². The molecule has 0 saturated carbocycles. The number of carbonyl (C=O) groups excluding carboxylic acids is 1. The average molecular weight is 511 g/mol. The fourth-order valence-electron chi connectivity index (χ4n) is 4.12. The third-order valence-corrected chi connectivity index (χ3v) is 8.78. The van der Waals surface area contributed by atoms with E-state index in [4.69, 9.17) is 9.72 Å². The Morgan fingerprint density at radius 3 is 2.82 bits per heavy atom. The van der Waals surface area contributed by atoms with Crippen LogP contribution in [0.15, 0.2) is 42.5 Å². The van der Waals surface area contributed by atoms with E-state index in [1.54, 1.807) is 33.6 Å². The lowest BCUT2D eigenvalue weighted by Gasteiger charge is -2.26. The van der Waals surface area contributed by atoms with Crippen molar-refractivity contribution in [2.45, 2.75) is 19.9 Å². The quantitative estimate of drug-likeness (QED) is 0.281. The Morgan fingerprint density at radius 2 is 1.97 bits per heavy atom. The summed E-state index contributed by atoms with van der Waals surface area (Å²) in [4.78, 5) is 24.8. The molecule has 1 N–H and O–H groups in total. The standard InChI is InChI=1S/C24H19FN4O2S3/c1-2-31-24(30)29-10-9-14-19(12-29)33-22(20(14)21-26-15-5-3-4-6-17(15)32-21)28-23-27-16-8-7-13(25)11-18(16)34-23/h3-8,11H,2,9-10,12H2,1H3,(H,27,28). The van der Waals surface area contributed by atoms with Gasteiger partial charge < -0.3 is 15.0 Å². The van der Waals surface area contributed by atoms with E-state index in [0.29, 0.717) is 24.8 Å². The van der Waals surface area contributed by atoms with Gasteiger partial charge in [0.15, 0.2) is 5.13 Å². The SMILES string of the molecule is CCOC(=O)N1CCc2c(sc(Nc3nc4ccc(F)cc4s3)c2-c2nc3ccccc3s2)C1. The van der Waals surface area contributed by atoms with Gasteiger partial charge in [-0.1, -0.05) is 23.5 Å². The number of halogens is 1. The summed E-state index contributed by atoms with van der Waals surface area (Å²) in [6.45, 7) is 3.27. The summed E-state index contributed by atoms with van der Waals surface area (Å²) in [6, 6.07) is 12.7. The highest BCUT2D eigenvalue weighted by atomic mass is 32.1. The Labute approximate surface area is 206 Å². The van der Waals surface area contributed by atoms with Crippen LogP contribution in [0.1, 0.15) is 17.4 Å². The van der Waals surface area contributed by atoms with Gasteiger partial charge in [0.2, 0.25) is 0 Å². The van der Waals surface area contributed by atoms with E-state index < -0.39 is 0 Å². The monoisotopic (exact) mass is 510 g/mol. The molecule has 0 bridgehead atoms. The second kappa shape index (κ2) is 8.61. The van der Waals surface area contributed by atoms with Crippen molar-refractivity contribution in [2.24, 2.45) is 0 Å². The van der Waals surface area contributed by atoms with Crippen LogP contribution in [0.25, 0.3) is 31.0 Å². The van der Waals surface area contributed by atoms with Gasteiger partial charge in [-0.15, -0.1) is 22.7 Å². The molecule has 0 atom stereocenters.